The van der Waals surface area contributed by atoms with Gasteiger partial charge in [-0.1, -0.05) is 47.7 Å². The number of benzene rings is 2. The number of thiol groups is 1. The molecule has 5 nitrogen and oxygen atoms in total. The van der Waals surface area contributed by atoms with Gasteiger partial charge >= 0.3 is 5.97 Å². The van der Waals surface area contributed by atoms with Gasteiger partial charge in [-0.05, 0) is 10.8 Å². The molecule has 0 spiro atoms. The van der Waals surface area contributed by atoms with Crippen molar-refractivity contribution in [3.63, 3.8) is 0 Å². The van der Waals surface area contributed by atoms with Gasteiger partial charge < -0.3 is 5.11 Å². The topological polar surface area (TPSA) is 68.0 Å². The van der Waals surface area contributed by atoms with E-state index in [9.17, 15) is 9.90 Å². The standard InChI is InChI=1S/C14H11N3O2S/c18-13(19)14(20,17-9-8-15-16-17)12-7-3-5-10-4-1-2-6-11(10)12/h1-9,20H,(H,18,19). The summed E-state index contributed by atoms with van der Waals surface area (Å²) in [6.07, 6.45) is 2.92. The summed E-state index contributed by atoms with van der Waals surface area (Å²) in [7, 11) is 0. The summed E-state index contributed by atoms with van der Waals surface area (Å²) < 4.78 is 1.24. The minimum atomic E-state index is -1.60. The van der Waals surface area contributed by atoms with Crippen LogP contribution in [-0.2, 0) is 9.67 Å². The number of aliphatic carboxylic acids is 1. The van der Waals surface area contributed by atoms with Crippen molar-refractivity contribution < 1.29 is 9.90 Å². The zero-order chi connectivity index (χ0) is 14.2. The van der Waals surface area contributed by atoms with Crippen LogP contribution < -0.4 is 0 Å². The number of rotatable bonds is 3. The molecule has 0 radical (unpaired) electrons. The molecule has 1 heterocycles. The predicted molar refractivity (Wildman–Crippen MR) is 77.7 cm³/mol. The van der Waals surface area contributed by atoms with Crippen molar-refractivity contribution in [2.75, 3.05) is 0 Å². The summed E-state index contributed by atoms with van der Waals surface area (Å²) in [4.78, 5) is 10.2. The lowest BCUT2D eigenvalue weighted by molar-refractivity contribution is -0.141. The average Bonchev–Trinajstić information content (AvgIpc) is 3.00. The molecule has 0 aliphatic heterocycles. The second kappa shape index (κ2) is 4.64. The minimum Gasteiger partial charge on any atom is -0.479 e. The molecule has 1 unspecified atom stereocenters. The molecule has 100 valence electrons. The Bertz CT molecular complexity index is 768. The summed E-state index contributed by atoms with van der Waals surface area (Å²) in [6, 6.07) is 13.0. The molecular formula is C14H11N3O2S. The molecular weight excluding hydrogens is 274 g/mol. The van der Waals surface area contributed by atoms with Gasteiger partial charge in [0.05, 0.1) is 6.20 Å². The quantitative estimate of drug-likeness (QED) is 0.724. The van der Waals surface area contributed by atoms with E-state index in [1.165, 1.54) is 17.1 Å². The van der Waals surface area contributed by atoms with Crippen LogP contribution in [0.4, 0.5) is 0 Å². The van der Waals surface area contributed by atoms with Gasteiger partial charge in [-0.3, -0.25) is 0 Å². The Morgan fingerprint density at radius 3 is 2.65 bits per heavy atom. The third-order valence-electron chi connectivity index (χ3n) is 3.22. The van der Waals surface area contributed by atoms with Crippen molar-refractivity contribution in [2.24, 2.45) is 0 Å². The molecule has 0 aliphatic carbocycles. The van der Waals surface area contributed by atoms with Crippen LogP contribution in [0.2, 0.25) is 0 Å². The van der Waals surface area contributed by atoms with Crippen LogP contribution in [0, 0.1) is 0 Å². The minimum absolute atomic E-state index is 0.553. The number of hydrogen-bond acceptors (Lipinski definition) is 4. The van der Waals surface area contributed by atoms with Crippen LogP contribution in [0.3, 0.4) is 0 Å². The Balaban J connectivity index is 2.34. The van der Waals surface area contributed by atoms with E-state index in [0.29, 0.717) is 5.56 Å². The van der Waals surface area contributed by atoms with Crippen LogP contribution in [-0.4, -0.2) is 26.1 Å². The normalized spacial score (nSPS) is 14.1. The number of hydrogen-bond donors (Lipinski definition) is 2. The first-order chi connectivity index (χ1) is 9.64. The zero-order valence-corrected chi connectivity index (χ0v) is 11.2. The fourth-order valence-electron chi connectivity index (χ4n) is 2.25. The van der Waals surface area contributed by atoms with E-state index in [1.807, 2.05) is 36.4 Å². The summed E-state index contributed by atoms with van der Waals surface area (Å²) >= 11 is 4.40. The maximum atomic E-state index is 11.8. The van der Waals surface area contributed by atoms with E-state index in [1.54, 1.807) is 6.07 Å². The maximum absolute atomic E-state index is 11.8. The fraction of sp³-hybridized carbons (Fsp3) is 0.0714. The summed E-state index contributed by atoms with van der Waals surface area (Å²) in [5.41, 5.74) is 0.553. The first-order valence-electron chi connectivity index (χ1n) is 5.95. The summed E-state index contributed by atoms with van der Waals surface area (Å²) in [5.74, 6) is -1.11. The summed E-state index contributed by atoms with van der Waals surface area (Å²) in [5, 5.41) is 18.9. The number of fused-ring (bicyclic) bond motifs is 1. The molecule has 1 atom stereocenters. The van der Waals surface area contributed by atoms with E-state index in [-0.39, 0.29) is 0 Å². The van der Waals surface area contributed by atoms with Crippen molar-refractivity contribution >= 4 is 29.4 Å². The van der Waals surface area contributed by atoms with Crippen LogP contribution in [0.25, 0.3) is 10.8 Å². The predicted octanol–water partition coefficient (Wildman–Crippen LogP) is 2.15. The smallest absolute Gasteiger partial charge is 0.346 e. The van der Waals surface area contributed by atoms with Gasteiger partial charge in [0, 0.05) is 11.8 Å². The molecule has 0 amide bonds. The van der Waals surface area contributed by atoms with Crippen LogP contribution >= 0.6 is 12.6 Å². The van der Waals surface area contributed by atoms with E-state index >= 15 is 0 Å². The first kappa shape index (κ1) is 12.7. The molecule has 1 N–H and O–H groups in total. The molecule has 0 fully saturated rings. The van der Waals surface area contributed by atoms with Crippen molar-refractivity contribution in [2.45, 2.75) is 4.87 Å². The van der Waals surface area contributed by atoms with Gasteiger partial charge in [0.15, 0.2) is 0 Å². The number of nitrogens with zero attached hydrogens (tertiary/aromatic N) is 3. The highest BCUT2D eigenvalue weighted by Gasteiger charge is 2.40. The van der Waals surface area contributed by atoms with Crippen molar-refractivity contribution in [3.8, 4) is 0 Å². The largest absolute Gasteiger partial charge is 0.479 e. The Morgan fingerprint density at radius 1 is 1.20 bits per heavy atom. The molecule has 1 aromatic heterocycles. The van der Waals surface area contributed by atoms with Crippen LogP contribution in [0.5, 0.6) is 0 Å². The molecule has 3 aromatic rings. The average molecular weight is 285 g/mol. The molecule has 0 aliphatic rings. The number of carboxylic acid groups (broad SMARTS) is 1. The Labute approximate surface area is 120 Å². The lowest BCUT2D eigenvalue weighted by Gasteiger charge is -2.25. The van der Waals surface area contributed by atoms with Crippen LogP contribution in [0.1, 0.15) is 5.56 Å². The van der Waals surface area contributed by atoms with Gasteiger partial charge in [0.2, 0.25) is 4.87 Å². The van der Waals surface area contributed by atoms with Crippen LogP contribution in [0.15, 0.2) is 54.9 Å². The number of aromatic nitrogens is 3. The molecule has 6 heteroatoms. The third-order valence-corrected chi connectivity index (χ3v) is 3.85. The van der Waals surface area contributed by atoms with Crippen molar-refractivity contribution in [1.82, 2.24) is 15.0 Å². The molecule has 2 aromatic carbocycles. The van der Waals surface area contributed by atoms with E-state index in [2.05, 4.69) is 22.9 Å². The maximum Gasteiger partial charge on any atom is 0.346 e. The highest BCUT2D eigenvalue weighted by atomic mass is 32.1. The second-order valence-corrected chi connectivity index (χ2v) is 5.00. The number of carbonyl (C=O) groups is 1. The van der Waals surface area contributed by atoms with Gasteiger partial charge in [-0.2, -0.15) is 0 Å². The van der Waals surface area contributed by atoms with E-state index in [4.69, 9.17) is 0 Å². The Kier molecular flexibility index (Phi) is 2.94. The highest BCUT2D eigenvalue weighted by molar-refractivity contribution is 7.82. The highest BCUT2D eigenvalue weighted by Crippen LogP contribution is 2.35. The monoisotopic (exact) mass is 285 g/mol. The number of carboxylic acids is 1. The van der Waals surface area contributed by atoms with E-state index in [0.717, 1.165) is 10.8 Å². The van der Waals surface area contributed by atoms with Gasteiger partial charge in [-0.25, -0.2) is 9.48 Å². The van der Waals surface area contributed by atoms with Gasteiger partial charge in [-0.15, -0.1) is 17.7 Å². The summed E-state index contributed by atoms with van der Waals surface area (Å²) in [6.45, 7) is 0. The fourth-order valence-corrected chi connectivity index (χ4v) is 2.55. The first-order valence-corrected chi connectivity index (χ1v) is 6.39. The lowest BCUT2D eigenvalue weighted by atomic mass is 9.98. The van der Waals surface area contributed by atoms with Gasteiger partial charge in [0.1, 0.15) is 0 Å². The second-order valence-electron chi connectivity index (χ2n) is 4.35. The van der Waals surface area contributed by atoms with Gasteiger partial charge in [0.25, 0.3) is 0 Å². The molecule has 20 heavy (non-hydrogen) atoms. The molecule has 0 bridgehead atoms. The third kappa shape index (κ3) is 1.77. The molecule has 0 saturated carbocycles. The zero-order valence-electron chi connectivity index (χ0n) is 10.3. The SMILES string of the molecule is O=C(O)C(S)(c1cccc2ccccc12)n1ccnn1. The molecule has 0 saturated heterocycles. The van der Waals surface area contributed by atoms with Crippen molar-refractivity contribution in [3.05, 3.63) is 60.4 Å². The Morgan fingerprint density at radius 2 is 1.95 bits per heavy atom. The van der Waals surface area contributed by atoms with E-state index < -0.39 is 10.8 Å². The molecule has 3 rings (SSSR count). The van der Waals surface area contributed by atoms with Crippen molar-refractivity contribution in [1.29, 1.82) is 0 Å². The lowest BCUT2D eigenvalue weighted by Crippen LogP contribution is -2.38. The Hall–Kier alpha value is -2.34.